The second-order valence-corrected chi connectivity index (χ2v) is 4.02. The van der Waals surface area contributed by atoms with Crippen LogP contribution in [0, 0.1) is 12.7 Å². The Bertz CT molecular complexity index is 502. The van der Waals surface area contributed by atoms with E-state index in [0.717, 1.165) is 5.56 Å². The molecule has 0 aliphatic heterocycles. The maximum absolute atomic E-state index is 13.6. The molecule has 0 saturated heterocycles. The van der Waals surface area contributed by atoms with Gasteiger partial charge in [-0.05, 0) is 13.0 Å². The lowest BCUT2D eigenvalue weighted by atomic mass is 10.2. The zero-order valence-corrected chi connectivity index (χ0v) is 9.50. The van der Waals surface area contributed by atoms with Crippen molar-refractivity contribution in [2.24, 2.45) is 0 Å². The third kappa shape index (κ3) is 2.02. The molecule has 1 aromatic heterocycles. The Morgan fingerprint density at radius 1 is 1.50 bits per heavy atom. The molecule has 16 heavy (non-hydrogen) atoms. The number of benzene rings is 1. The largest absolute Gasteiger partial charge is 0.382 e. The number of aromatic nitrogens is 2. The zero-order valence-electron chi connectivity index (χ0n) is 8.74. The van der Waals surface area contributed by atoms with E-state index in [9.17, 15) is 4.39 Å². The molecule has 0 aliphatic carbocycles. The molecule has 0 unspecified atom stereocenters. The van der Waals surface area contributed by atoms with Crippen molar-refractivity contribution in [1.82, 2.24) is 9.78 Å². The number of nitrogens with zero attached hydrogens (tertiary/aromatic N) is 2. The van der Waals surface area contributed by atoms with Gasteiger partial charge in [0, 0.05) is 17.3 Å². The number of anilines is 1. The highest BCUT2D eigenvalue weighted by Gasteiger charge is 2.08. The van der Waals surface area contributed by atoms with E-state index >= 15 is 0 Å². The molecule has 2 rings (SSSR count). The molecule has 0 atom stereocenters. The number of nitrogens with two attached hydrogens (primary N) is 1. The van der Waals surface area contributed by atoms with Crippen molar-refractivity contribution < 1.29 is 4.39 Å². The second-order valence-electron chi connectivity index (χ2n) is 3.61. The normalized spacial score (nSPS) is 10.7. The fraction of sp³-hybridized carbons (Fsp3) is 0.182. The molecule has 0 fully saturated rings. The first-order valence-corrected chi connectivity index (χ1v) is 5.18. The smallest absolute Gasteiger partial charge is 0.148 e. The highest BCUT2D eigenvalue weighted by atomic mass is 35.5. The highest BCUT2D eigenvalue weighted by molar-refractivity contribution is 6.30. The van der Waals surface area contributed by atoms with E-state index in [1.807, 2.05) is 6.92 Å². The van der Waals surface area contributed by atoms with E-state index in [0.29, 0.717) is 17.9 Å². The fourth-order valence-corrected chi connectivity index (χ4v) is 1.66. The molecule has 84 valence electrons. The minimum atomic E-state index is -0.407. The van der Waals surface area contributed by atoms with Crippen LogP contribution in [0.5, 0.6) is 0 Å². The molecule has 0 spiro atoms. The Hall–Kier alpha value is -1.55. The lowest BCUT2D eigenvalue weighted by molar-refractivity contribution is 0.586. The Morgan fingerprint density at radius 3 is 2.88 bits per heavy atom. The minimum Gasteiger partial charge on any atom is -0.382 e. The summed E-state index contributed by atoms with van der Waals surface area (Å²) in [6.07, 6.45) is 1.77. The summed E-state index contributed by atoms with van der Waals surface area (Å²) in [6.45, 7) is 2.18. The summed E-state index contributed by atoms with van der Waals surface area (Å²) in [5.74, 6) is 0.0540. The van der Waals surface area contributed by atoms with Crippen LogP contribution in [0.1, 0.15) is 11.1 Å². The van der Waals surface area contributed by atoms with Gasteiger partial charge in [0.2, 0.25) is 0 Å². The standard InChI is InChI=1S/C11H11ClFN3/c1-7-5-16(15-11(7)14)6-8-3-2-4-9(12)10(8)13/h2-5H,6H2,1H3,(H2,14,15). The van der Waals surface area contributed by atoms with E-state index < -0.39 is 5.82 Å². The number of aryl methyl sites for hydroxylation is 1. The van der Waals surface area contributed by atoms with Crippen molar-refractivity contribution in [3.05, 3.63) is 46.4 Å². The molecule has 5 heteroatoms. The van der Waals surface area contributed by atoms with Crippen LogP contribution in [0.2, 0.25) is 5.02 Å². The highest BCUT2D eigenvalue weighted by Crippen LogP contribution is 2.19. The summed E-state index contributed by atoms with van der Waals surface area (Å²) in [4.78, 5) is 0. The Morgan fingerprint density at radius 2 is 2.25 bits per heavy atom. The van der Waals surface area contributed by atoms with Crippen molar-refractivity contribution >= 4 is 17.4 Å². The monoisotopic (exact) mass is 239 g/mol. The van der Waals surface area contributed by atoms with Crippen LogP contribution in [0.3, 0.4) is 0 Å². The topological polar surface area (TPSA) is 43.8 Å². The molecule has 0 amide bonds. The van der Waals surface area contributed by atoms with Crippen LogP contribution >= 0.6 is 11.6 Å². The van der Waals surface area contributed by atoms with Crippen LogP contribution < -0.4 is 5.73 Å². The Kier molecular flexibility index (Phi) is 2.83. The van der Waals surface area contributed by atoms with Crippen molar-refractivity contribution in [1.29, 1.82) is 0 Å². The van der Waals surface area contributed by atoms with Crippen molar-refractivity contribution in [3.8, 4) is 0 Å². The molecule has 0 bridgehead atoms. The first kappa shape index (κ1) is 11.0. The van der Waals surface area contributed by atoms with Gasteiger partial charge in [0.25, 0.3) is 0 Å². The van der Waals surface area contributed by atoms with E-state index in [4.69, 9.17) is 17.3 Å². The Labute approximate surface area is 97.6 Å². The van der Waals surface area contributed by atoms with Gasteiger partial charge in [0.05, 0.1) is 11.6 Å². The predicted molar refractivity (Wildman–Crippen MR) is 61.9 cm³/mol. The Balaban J connectivity index is 2.30. The van der Waals surface area contributed by atoms with Crippen molar-refractivity contribution in [2.75, 3.05) is 5.73 Å². The fourth-order valence-electron chi connectivity index (χ4n) is 1.46. The predicted octanol–water partition coefficient (Wildman–Crippen LogP) is 2.61. The van der Waals surface area contributed by atoms with E-state index in [2.05, 4.69) is 5.10 Å². The van der Waals surface area contributed by atoms with Gasteiger partial charge in [-0.15, -0.1) is 0 Å². The van der Waals surface area contributed by atoms with E-state index in [1.165, 1.54) is 6.07 Å². The van der Waals surface area contributed by atoms with E-state index in [1.54, 1.807) is 23.0 Å². The van der Waals surface area contributed by atoms with Gasteiger partial charge in [-0.1, -0.05) is 23.7 Å². The number of hydrogen-bond acceptors (Lipinski definition) is 2. The molecular weight excluding hydrogens is 229 g/mol. The summed E-state index contributed by atoms with van der Waals surface area (Å²) in [5, 5.41) is 4.18. The van der Waals surface area contributed by atoms with Crippen LogP contribution in [0.15, 0.2) is 24.4 Å². The second kappa shape index (κ2) is 4.14. The average molecular weight is 240 g/mol. The van der Waals surface area contributed by atoms with Gasteiger partial charge in [-0.2, -0.15) is 5.10 Å². The molecule has 0 aliphatic rings. The number of halogens is 2. The SMILES string of the molecule is Cc1cn(Cc2cccc(Cl)c2F)nc1N. The van der Waals surface area contributed by atoms with Gasteiger partial charge in [0.1, 0.15) is 11.6 Å². The van der Waals surface area contributed by atoms with Crippen LogP contribution in [0.4, 0.5) is 10.2 Å². The average Bonchev–Trinajstić information content (AvgIpc) is 2.54. The zero-order chi connectivity index (χ0) is 11.7. The van der Waals surface area contributed by atoms with E-state index in [-0.39, 0.29) is 5.02 Å². The molecule has 2 N–H and O–H groups in total. The number of hydrogen-bond donors (Lipinski definition) is 1. The summed E-state index contributed by atoms with van der Waals surface area (Å²) >= 11 is 5.69. The van der Waals surface area contributed by atoms with Crippen LogP contribution in [-0.2, 0) is 6.54 Å². The first-order chi connectivity index (χ1) is 7.58. The lowest BCUT2D eigenvalue weighted by Crippen LogP contribution is -2.03. The first-order valence-electron chi connectivity index (χ1n) is 4.80. The summed E-state index contributed by atoms with van der Waals surface area (Å²) < 4.78 is 15.2. The van der Waals surface area contributed by atoms with Crippen molar-refractivity contribution in [3.63, 3.8) is 0 Å². The van der Waals surface area contributed by atoms with Gasteiger partial charge in [0.15, 0.2) is 0 Å². The van der Waals surface area contributed by atoms with Gasteiger partial charge < -0.3 is 5.73 Å². The lowest BCUT2D eigenvalue weighted by Gasteiger charge is -2.04. The molecule has 3 nitrogen and oxygen atoms in total. The van der Waals surface area contributed by atoms with Crippen LogP contribution in [-0.4, -0.2) is 9.78 Å². The quantitative estimate of drug-likeness (QED) is 0.876. The molecule has 1 aromatic carbocycles. The van der Waals surface area contributed by atoms with Gasteiger partial charge in [-0.3, -0.25) is 4.68 Å². The molecular formula is C11H11ClFN3. The summed E-state index contributed by atoms with van der Waals surface area (Å²) in [5.41, 5.74) is 6.98. The molecule has 0 radical (unpaired) electrons. The summed E-state index contributed by atoms with van der Waals surface area (Å²) in [7, 11) is 0. The molecule has 0 saturated carbocycles. The summed E-state index contributed by atoms with van der Waals surface area (Å²) in [6, 6.07) is 4.90. The molecule has 1 heterocycles. The van der Waals surface area contributed by atoms with Gasteiger partial charge in [-0.25, -0.2) is 4.39 Å². The van der Waals surface area contributed by atoms with Crippen molar-refractivity contribution in [2.45, 2.75) is 13.5 Å². The van der Waals surface area contributed by atoms with Crippen LogP contribution in [0.25, 0.3) is 0 Å². The third-order valence-corrected chi connectivity index (χ3v) is 2.64. The third-order valence-electron chi connectivity index (χ3n) is 2.35. The van der Waals surface area contributed by atoms with Gasteiger partial charge >= 0.3 is 0 Å². The minimum absolute atomic E-state index is 0.120. The maximum Gasteiger partial charge on any atom is 0.148 e. The number of nitrogen functional groups attached to an aromatic ring is 1. The molecule has 2 aromatic rings. The number of rotatable bonds is 2. The maximum atomic E-state index is 13.6.